The lowest BCUT2D eigenvalue weighted by molar-refractivity contribution is -0.133. The molecule has 0 aromatic heterocycles. The van der Waals surface area contributed by atoms with Crippen molar-refractivity contribution in [1.29, 1.82) is 0 Å². The van der Waals surface area contributed by atoms with E-state index in [1.165, 1.54) is 19.1 Å². The van der Waals surface area contributed by atoms with Crippen LogP contribution in [0.3, 0.4) is 0 Å². The third-order valence-corrected chi connectivity index (χ3v) is 5.85. The smallest absolute Gasteiger partial charge is 0.334 e. The molecule has 0 radical (unpaired) electrons. The molecule has 0 saturated carbocycles. The molecule has 3 rings (SSSR count). The highest BCUT2D eigenvalue weighted by Crippen LogP contribution is 2.44. The van der Waals surface area contributed by atoms with Gasteiger partial charge in [0.15, 0.2) is 0 Å². The average molecular weight is 454 g/mol. The van der Waals surface area contributed by atoms with Crippen molar-refractivity contribution < 1.29 is 24.6 Å². The first-order chi connectivity index (χ1) is 14.2. The van der Waals surface area contributed by atoms with Gasteiger partial charge in [0.05, 0.1) is 23.5 Å². The zero-order chi connectivity index (χ0) is 22.0. The van der Waals surface area contributed by atoms with E-state index < -0.39 is 17.9 Å². The Bertz CT molecular complexity index is 947. The van der Waals surface area contributed by atoms with Crippen LogP contribution in [-0.4, -0.2) is 59.1 Å². The Morgan fingerprint density at radius 3 is 2.17 bits per heavy atom. The number of nitrogens with zero attached hydrogens (tertiary/aromatic N) is 1. The first kappa shape index (κ1) is 22.1. The van der Waals surface area contributed by atoms with Gasteiger partial charge in [-0.1, -0.05) is 29.3 Å². The highest BCUT2D eigenvalue weighted by Gasteiger charge is 2.40. The fraction of sp³-hybridized carbons (Fsp3) is 0.350. The van der Waals surface area contributed by atoms with Gasteiger partial charge >= 0.3 is 11.9 Å². The largest absolute Gasteiger partial charge is 0.478 e. The summed E-state index contributed by atoms with van der Waals surface area (Å²) >= 11 is 12.6. The predicted molar refractivity (Wildman–Crippen MR) is 111 cm³/mol. The number of piperazine rings is 1. The average Bonchev–Trinajstić information content (AvgIpc) is 2.67. The predicted octanol–water partition coefficient (Wildman–Crippen LogP) is 2.20. The molecule has 0 aliphatic carbocycles. The number of carbonyl (C=O) groups is 3. The van der Waals surface area contributed by atoms with Gasteiger partial charge in [0.1, 0.15) is 0 Å². The number of hydrogen-bond acceptors (Lipinski definition) is 5. The summed E-state index contributed by atoms with van der Waals surface area (Å²) in [7, 11) is 0. The number of hydrogen-bond donors (Lipinski definition) is 4. The van der Waals surface area contributed by atoms with Crippen LogP contribution in [0.25, 0.3) is 0 Å². The van der Waals surface area contributed by atoms with E-state index in [0.29, 0.717) is 26.2 Å². The van der Waals surface area contributed by atoms with Gasteiger partial charge in [0, 0.05) is 53.2 Å². The molecule has 1 amide bonds. The molecule has 30 heavy (non-hydrogen) atoms. The van der Waals surface area contributed by atoms with Gasteiger partial charge in [-0.3, -0.25) is 4.79 Å². The number of carbonyl (C=O) groups excluding carboxylic acids is 1. The number of aliphatic carboxylic acids is 2. The molecule has 0 bridgehead atoms. The Hall–Kier alpha value is -2.55. The van der Waals surface area contributed by atoms with Gasteiger partial charge in [-0.25, -0.2) is 9.59 Å². The minimum atomic E-state index is -1.35. The molecule has 1 unspecified atom stereocenters. The van der Waals surface area contributed by atoms with E-state index in [2.05, 4.69) is 10.6 Å². The molecule has 2 aliphatic rings. The molecule has 2 heterocycles. The molecular weight excluding hydrogens is 433 g/mol. The number of rotatable bonds is 5. The molecule has 1 aromatic rings. The van der Waals surface area contributed by atoms with Crippen molar-refractivity contribution in [3.63, 3.8) is 0 Å². The fourth-order valence-electron chi connectivity index (χ4n) is 3.82. The van der Waals surface area contributed by atoms with E-state index in [4.69, 9.17) is 23.2 Å². The van der Waals surface area contributed by atoms with Crippen molar-refractivity contribution in [3.8, 4) is 0 Å². The number of dihydropyridines is 1. The Kier molecular flexibility index (Phi) is 6.70. The van der Waals surface area contributed by atoms with Crippen molar-refractivity contribution >= 4 is 41.0 Å². The lowest BCUT2D eigenvalue weighted by atomic mass is 9.79. The van der Waals surface area contributed by atoms with E-state index >= 15 is 0 Å². The van der Waals surface area contributed by atoms with Gasteiger partial charge in [-0.15, -0.1) is 0 Å². The van der Waals surface area contributed by atoms with Crippen molar-refractivity contribution in [3.05, 3.63) is 56.3 Å². The van der Waals surface area contributed by atoms with Crippen LogP contribution in [0.5, 0.6) is 0 Å². The second kappa shape index (κ2) is 9.07. The molecule has 160 valence electrons. The van der Waals surface area contributed by atoms with Crippen LogP contribution in [0.1, 0.15) is 24.8 Å². The number of allylic oxidation sites excluding steroid dienone is 1. The Morgan fingerprint density at radius 2 is 1.63 bits per heavy atom. The minimum Gasteiger partial charge on any atom is -0.478 e. The second-order valence-electron chi connectivity index (χ2n) is 7.04. The van der Waals surface area contributed by atoms with Gasteiger partial charge in [0.2, 0.25) is 5.91 Å². The van der Waals surface area contributed by atoms with Gasteiger partial charge < -0.3 is 25.7 Å². The number of carboxylic acid groups (broad SMARTS) is 2. The van der Waals surface area contributed by atoms with Gasteiger partial charge in [0.25, 0.3) is 0 Å². The van der Waals surface area contributed by atoms with Crippen molar-refractivity contribution in [2.75, 3.05) is 26.2 Å². The summed E-state index contributed by atoms with van der Waals surface area (Å²) in [5, 5.41) is 26.1. The van der Waals surface area contributed by atoms with Crippen LogP contribution >= 0.6 is 23.2 Å². The zero-order valence-electron chi connectivity index (χ0n) is 16.2. The second-order valence-corrected chi connectivity index (χ2v) is 7.86. The third-order valence-electron chi connectivity index (χ3n) is 5.19. The summed E-state index contributed by atoms with van der Waals surface area (Å²) in [4.78, 5) is 38.7. The maximum absolute atomic E-state index is 12.8. The number of nitrogens with one attached hydrogen (secondary N) is 2. The summed E-state index contributed by atoms with van der Waals surface area (Å²) in [6.45, 7) is 3.87. The van der Waals surface area contributed by atoms with Crippen LogP contribution in [0.15, 0.2) is 40.7 Å². The van der Waals surface area contributed by atoms with E-state index in [1.54, 1.807) is 11.0 Å². The van der Waals surface area contributed by atoms with Crippen LogP contribution in [0.4, 0.5) is 0 Å². The molecule has 1 atom stereocenters. The van der Waals surface area contributed by atoms with Crippen molar-refractivity contribution in [1.82, 2.24) is 15.5 Å². The van der Waals surface area contributed by atoms with Crippen LogP contribution in [0.2, 0.25) is 10.0 Å². The molecule has 1 fully saturated rings. The summed E-state index contributed by atoms with van der Waals surface area (Å²) in [5.74, 6) is -4.12. The molecule has 8 nitrogen and oxygen atoms in total. The maximum atomic E-state index is 12.8. The molecule has 0 spiro atoms. The molecule has 10 heteroatoms. The number of benzene rings is 1. The van der Waals surface area contributed by atoms with E-state index in [-0.39, 0.29) is 50.5 Å². The fourth-order valence-corrected chi connectivity index (χ4v) is 4.44. The lowest BCUT2D eigenvalue weighted by Gasteiger charge is -2.32. The Balaban J connectivity index is 2.13. The minimum absolute atomic E-state index is 0.134. The monoisotopic (exact) mass is 453 g/mol. The van der Waals surface area contributed by atoms with Crippen LogP contribution in [-0.2, 0) is 14.4 Å². The first-order valence-corrected chi connectivity index (χ1v) is 10.1. The highest BCUT2D eigenvalue weighted by molar-refractivity contribution is 6.36. The zero-order valence-corrected chi connectivity index (χ0v) is 17.7. The summed E-state index contributed by atoms with van der Waals surface area (Å²) in [6, 6.07) is 4.63. The lowest BCUT2D eigenvalue weighted by Crippen LogP contribution is -2.47. The normalized spacial score (nSPS) is 19.6. The Morgan fingerprint density at radius 1 is 1.07 bits per heavy atom. The van der Waals surface area contributed by atoms with Crippen molar-refractivity contribution in [2.45, 2.75) is 19.3 Å². The van der Waals surface area contributed by atoms with E-state index in [1.807, 2.05) is 0 Å². The maximum Gasteiger partial charge on any atom is 0.334 e. The molecule has 1 aromatic carbocycles. The number of carboxylic acids is 2. The van der Waals surface area contributed by atoms with Crippen molar-refractivity contribution in [2.24, 2.45) is 0 Å². The SMILES string of the molecule is CC1=C(C(=O)O)C(c2c(Cl)cccc2Cl)C(C(=O)O)=C(CC(=O)N2CCNCC2)N1. The first-order valence-electron chi connectivity index (χ1n) is 9.32. The standard InChI is InChI=1S/C20H21Cl2N3O5/c1-10-15(19(27)28)18(16-11(21)3-2-4-12(16)22)17(20(29)30)13(24-10)9-14(26)25-7-5-23-6-8-25/h2-4,18,23-24H,5-9H2,1H3,(H,27,28)(H,29,30). The summed E-state index contributed by atoms with van der Waals surface area (Å²) in [5.41, 5.74) is 0.118. The molecule has 2 aliphatic heterocycles. The third kappa shape index (κ3) is 4.30. The van der Waals surface area contributed by atoms with E-state index in [9.17, 15) is 24.6 Å². The highest BCUT2D eigenvalue weighted by atomic mass is 35.5. The number of amides is 1. The van der Waals surface area contributed by atoms with Gasteiger partial charge in [-0.2, -0.15) is 0 Å². The van der Waals surface area contributed by atoms with Gasteiger partial charge in [-0.05, 0) is 19.1 Å². The summed E-state index contributed by atoms with van der Waals surface area (Å²) < 4.78 is 0. The molecule has 1 saturated heterocycles. The topological polar surface area (TPSA) is 119 Å². The Labute approximate surface area is 183 Å². The van der Waals surface area contributed by atoms with E-state index in [0.717, 1.165) is 0 Å². The molecule has 4 N–H and O–H groups in total. The quantitative estimate of drug-likeness (QED) is 0.539. The summed E-state index contributed by atoms with van der Waals surface area (Å²) in [6.07, 6.45) is -0.204. The molecular formula is C20H21Cl2N3O5. The van der Waals surface area contributed by atoms with Crippen LogP contribution < -0.4 is 10.6 Å². The van der Waals surface area contributed by atoms with Crippen LogP contribution in [0, 0.1) is 0 Å². The number of halogens is 2.